The zero-order valence-electron chi connectivity index (χ0n) is 11.1. The summed E-state index contributed by atoms with van der Waals surface area (Å²) in [6.07, 6.45) is 1.40. The van der Waals surface area contributed by atoms with Crippen LogP contribution in [0.3, 0.4) is 0 Å². The quantitative estimate of drug-likeness (QED) is 0.668. The van der Waals surface area contributed by atoms with E-state index >= 15 is 0 Å². The highest BCUT2D eigenvalue weighted by Crippen LogP contribution is 2.33. The average molecular weight is 390 g/mol. The Morgan fingerprint density at radius 2 is 1.96 bits per heavy atom. The molecule has 23 heavy (non-hydrogen) atoms. The van der Waals surface area contributed by atoms with E-state index in [1.54, 1.807) is 11.4 Å². The Morgan fingerprint density at radius 3 is 2.61 bits per heavy atom. The molecule has 0 saturated heterocycles. The fraction of sp³-hybridized carbons (Fsp3) is 0. The number of nitrogens with zero attached hydrogens (tertiary/aromatic N) is 4. The summed E-state index contributed by atoms with van der Waals surface area (Å²) < 4.78 is 1.40. The van der Waals surface area contributed by atoms with E-state index in [2.05, 4.69) is 26.4 Å². The van der Waals surface area contributed by atoms with Gasteiger partial charge in [-0.05, 0) is 34.0 Å². The fourth-order valence-electron chi connectivity index (χ4n) is 1.76. The highest BCUT2D eigenvalue weighted by Gasteiger charge is 2.16. The zero-order chi connectivity index (χ0) is 16.4. The molecule has 0 aliphatic heterocycles. The first kappa shape index (κ1) is 16.0. The molecule has 2 heterocycles. The van der Waals surface area contributed by atoms with Gasteiger partial charge in [-0.2, -0.15) is 4.68 Å². The van der Waals surface area contributed by atoms with Crippen molar-refractivity contribution in [3.05, 3.63) is 49.9 Å². The molecule has 0 fully saturated rings. The van der Waals surface area contributed by atoms with E-state index in [4.69, 9.17) is 34.8 Å². The molecule has 1 aromatic carbocycles. The minimum Gasteiger partial charge on any atom is -0.295 e. The van der Waals surface area contributed by atoms with Crippen LogP contribution < -0.4 is 10.9 Å². The van der Waals surface area contributed by atoms with Gasteiger partial charge in [0.15, 0.2) is 0 Å². The van der Waals surface area contributed by atoms with Gasteiger partial charge in [0.25, 0.3) is 5.91 Å². The number of hydrogen-bond acceptors (Lipinski definition) is 6. The topological polar surface area (TPSA) is 84.7 Å². The van der Waals surface area contributed by atoms with E-state index in [0.29, 0.717) is 21.3 Å². The van der Waals surface area contributed by atoms with Crippen LogP contribution in [0, 0.1) is 0 Å². The van der Waals surface area contributed by atoms with Crippen LogP contribution >= 0.6 is 46.1 Å². The lowest BCUT2D eigenvalue weighted by atomic mass is 10.3. The lowest BCUT2D eigenvalue weighted by Gasteiger charge is -2.12. The maximum Gasteiger partial charge on any atom is 0.281 e. The van der Waals surface area contributed by atoms with Gasteiger partial charge in [-0.15, -0.1) is 16.4 Å². The summed E-state index contributed by atoms with van der Waals surface area (Å²) in [7, 11) is 0. The van der Waals surface area contributed by atoms with E-state index < -0.39 is 0 Å². The number of anilines is 1. The molecule has 1 amide bonds. The first-order valence-corrected chi connectivity index (χ1v) is 8.09. The van der Waals surface area contributed by atoms with Crippen molar-refractivity contribution in [2.75, 3.05) is 5.43 Å². The Bertz CT molecular complexity index is 827. The molecule has 7 nitrogen and oxygen atoms in total. The molecule has 3 rings (SSSR count). The molecule has 0 spiro atoms. The van der Waals surface area contributed by atoms with Gasteiger partial charge in [0.05, 0.1) is 21.4 Å². The molecular weight excluding hydrogens is 383 g/mol. The molecule has 2 aromatic heterocycles. The van der Waals surface area contributed by atoms with Crippen LogP contribution in [0.5, 0.6) is 0 Å². The summed E-state index contributed by atoms with van der Waals surface area (Å²) in [6.45, 7) is 0. The van der Waals surface area contributed by atoms with Gasteiger partial charge in [-0.1, -0.05) is 34.8 Å². The van der Waals surface area contributed by atoms with Gasteiger partial charge in [0, 0.05) is 5.02 Å². The number of hydrazine groups is 1. The van der Waals surface area contributed by atoms with Crippen LogP contribution in [0.4, 0.5) is 5.69 Å². The Hall–Kier alpha value is -1.87. The summed E-state index contributed by atoms with van der Waals surface area (Å²) in [5.41, 5.74) is 6.14. The number of benzene rings is 1. The molecular formula is C12H7Cl3N6OS. The van der Waals surface area contributed by atoms with Gasteiger partial charge < -0.3 is 0 Å². The molecule has 11 heteroatoms. The predicted molar refractivity (Wildman–Crippen MR) is 89.6 cm³/mol. The molecule has 0 saturated carbocycles. The summed E-state index contributed by atoms with van der Waals surface area (Å²) >= 11 is 19.2. The highest BCUT2D eigenvalue weighted by molar-refractivity contribution is 7.12. The van der Waals surface area contributed by atoms with E-state index in [-0.39, 0.29) is 16.0 Å². The fourth-order valence-corrected chi connectivity index (χ4v) is 3.45. The maximum atomic E-state index is 12.3. The van der Waals surface area contributed by atoms with Crippen molar-refractivity contribution < 1.29 is 4.79 Å². The van der Waals surface area contributed by atoms with Crippen molar-refractivity contribution in [1.82, 2.24) is 25.6 Å². The molecule has 0 bridgehead atoms. The second-order valence-corrected chi connectivity index (χ2v) is 6.38. The first-order chi connectivity index (χ1) is 11.1. The van der Waals surface area contributed by atoms with Crippen LogP contribution in [0.15, 0.2) is 29.9 Å². The van der Waals surface area contributed by atoms with Gasteiger partial charge in [-0.3, -0.25) is 15.6 Å². The number of amides is 1. The van der Waals surface area contributed by atoms with Gasteiger partial charge >= 0.3 is 0 Å². The normalized spacial score (nSPS) is 10.6. The molecule has 118 valence electrons. The lowest BCUT2D eigenvalue weighted by Crippen LogP contribution is -2.29. The van der Waals surface area contributed by atoms with E-state index in [1.807, 2.05) is 0 Å². The smallest absolute Gasteiger partial charge is 0.281 e. The van der Waals surface area contributed by atoms with Crippen LogP contribution in [0.1, 0.15) is 9.67 Å². The average Bonchev–Trinajstić information content (AvgIpc) is 3.16. The number of carbonyl (C=O) groups excluding carboxylic acids is 1. The number of nitrogens with one attached hydrogen (secondary N) is 2. The van der Waals surface area contributed by atoms with Crippen LogP contribution in [0.25, 0.3) is 5.69 Å². The Morgan fingerprint density at radius 1 is 1.22 bits per heavy atom. The first-order valence-electron chi connectivity index (χ1n) is 6.08. The predicted octanol–water partition coefficient (Wildman–Crippen LogP) is 3.44. The number of hydrogen-bond donors (Lipinski definition) is 2. The minimum atomic E-state index is -0.382. The van der Waals surface area contributed by atoms with Crippen molar-refractivity contribution in [1.29, 1.82) is 0 Å². The van der Waals surface area contributed by atoms with Crippen LogP contribution in [0.2, 0.25) is 15.1 Å². The third-order valence-electron chi connectivity index (χ3n) is 2.75. The molecule has 0 aliphatic carbocycles. The number of thiophene rings is 1. The molecule has 2 N–H and O–H groups in total. The van der Waals surface area contributed by atoms with Crippen molar-refractivity contribution in [2.45, 2.75) is 0 Å². The third-order valence-corrected chi connectivity index (χ3v) is 4.47. The Labute approximate surface area is 149 Å². The number of halogens is 3. The summed E-state index contributed by atoms with van der Waals surface area (Å²) in [5.74, 6) is -0.382. The third kappa shape index (κ3) is 3.40. The summed E-state index contributed by atoms with van der Waals surface area (Å²) in [5, 5.41) is 13.6. The largest absolute Gasteiger partial charge is 0.295 e. The van der Waals surface area contributed by atoms with Gasteiger partial charge in [0.2, 0.25) is 0 Å². The number of rotatable bonds is 4. The second-order valence-electron chi connectivity index (χ2n) is 4.21. The molecule has 0 atom stereocenters. The second kappa shape index (κ2) is 6.71. The number of aromatic nitrogens is 4. The van der Waals surface area contributed by atoms with E-state index in [0.717, 1.165) is 0 Å². The van der Waals surface area contributed by atoms with Crippen molar-refractivity contribution in [3.8, 4) is 5.69 Å². The Kier molecular flexibility index (Phi) is 4.67. The lowest BCUT2D eigenvalue weighted by molar-refractivity contribution is 0.0966. The maximum absolute atomic E-state index is 12.3. The monoisotopic (exact) mass is 388 g/mol. The molecule has 3 aromatic rings. The zero-order valence-corrected chi connectivity index (χ0v) is 14.2. The van der Waals surface area contributed by atoms with Crippen LogP contribution in [-0.2, 0) is 0 Å². The van der Waals surface area contributed by atoms with Gasteiger partial charge in [0.1, 0.15) is 11.2 Å². The van der Waals surface area contributed by atoms with E-state index in [1.165, 1.54) is 34.5 Å². The highest BCUT2D eigenvalue weighted by atomic mass is 35.5. The van der Waals surface area contributed by atoms with Crippen molar-refractivity contribution in [3.63, 3.8) is 0 Å². The molecule has 0 radical (unpaired) electrons. The minimum absolute atomic E-state index is 0.287. The summed E-state index contributed by atoms with van der Waals surface area (Å²) in [4.78, 5) is 12.7. The standard InChI is InChI=1S/C12H7Cl3N6OS/c13-6-3-7(14)10(8(15)4-6)17-18-12(22)11-9(1-2-23-11)21-5-16-19-20-21/h1-5,17H,(H,18,22). The Balaban J connectivity index is 1.78. The SMILES string of the molecule is O=C(NNc1c(Cl)cc(Cl)cc1Cl)c1sccc1-n1cnnn1. The summed E-state index contributed by atoms with van der Waals surface area (Å²) in [6, 6.07) is 4.76. The number of tetrazole rings is 1. The van der Waals surface area contributed by atoms with Crippen molar-refractivity contribution in [2.24, 2.45) is 0 Å². The van der Waals surface area contributed by atoms with Crippen LogP contribution in [-0.4, -0.2) is 26.1 Å². The van der Waals surface area contributed by atoms with Crippen molar-refractivity contribution >= 4 is 57.7 Å². The van der Waals surface area contributed by atoms with E-state index in [9.17, 15) is 4.79 Å². The molecule has 0 unspecified atom stereocenters. The number of carbonyl (C=O) groups is 1. The van der Waals surface area contributed by atoms with Gasteiger partial charge in [-0.25, -0.2) is 0 Å². The molecule has 0 aliphatic rings.